The van der Waals surface area contributed by atoms with Crippen LogP contribution in [0.5, 0.6) is 0 Å². The van der Waals surface area contributed by atoms with E-state index in [1.165, 1.54) is 11.8 Å². The molecule has 1 fully saturated rings. The second-order valence-corrected chi connectivity index (χ2v) is 7.76. The normalized spacial score (nSPS) is 13.2. The second kappa shape index (κ2) is 8.60. The molecule has 0 spiro atoms. The summed E-state index contributed by atoms with van der Waals surface area (Å²) in [5.74, 6) is -0.337. The Morgan fingerprint density at radius 1 is 1.29 bits per heavy atom. The number of aryl methyl sites for hydroxylation is 2. The van der Waals surface area contributed by atoms with Crippen molar-refractivity contribution >= 4 is 29.3 Å². The van der Waals surface area contributed by atoms with E-state index in [1.807, 2.05) is 19.2 Å². The lowest BCUT2D eigenvalue weighted by atomic mass is 10.1. The molecule has 3 N–H and O–H groups in total. The van der Waals surface area contributed by atoms with Crippen LogP contribution in [0.4, 0.5) is 5.69 Å². The number of nitrogens with zero attached hydrogens (tertiary/aromatic N) is 1. The van der Waals surface area contributed by atoms with Gasteiger partial charge in [-0.1, -0.05) is 17.8 Å². The van der Waals surface area contributed by atoms with E-state index < -0.39 is 0 Å². The van der Waals surface area contributed by atoms with Gasteiger partial charge in [0.05, 0.1) is 0 Å². The van der Waals surface area contributed by atoms with Crippen molar-refractivity contribution in [1.82, 2.24) is 15.3 Å². The molecule has 28 heavy (non-hydrogen) atoms. The zero-order valence-corrected chi connectivity index (χ0v) is 17.0. The number of amides is 2. The molecule has 2 aromatic rings. The van der Waals surface area contributed by atoms with Gasteiger partial charge in [0.1, 0.15) is 0 Å². The van der Waals surface area contributed by atoms with E-state index >= 15 is 0 Å². The van der Waals surface area contributed by atoms with E-state index in [2.05, 4.69) is 20.6 Å². The number of carbonyl (C=O) groups is 2. The molecule has 1 aromatic carbocycles. The fraction of sp³-hybridized carbons (Fsp3) is 0.400. The molecule has 0 radical (unpaired) electrons. The number of benzene rings is 1. The number of nitrogens with one attached hydrogen (secondary N) is 3. The first-order valence-electron chi connectivity index (χ1n) is 9.22. The molecule has 3 rings (SSSR count). The van der Waals surface area contributed by atoms with Gasteiger partial charge in [0, 0.05) is 35.0 Å². The Hall–Kier alpha value is -2.61. The number of carbonyl (C=O) groups excluding carboxylic acids is 2. The molecule has 1 aliphatic rings. The highest BCUT2D eigenvalue weighted by Gasteiger charge is 2.24. The van der Waals surface area contributed by atoms with Crippen molar-refractivity contribution < 1.29 is 9.59 Å². The Labute approximate surface area is 167 Å². The third-order valence-corrected chi connectivity index (χ3v) is 5.26. The van der Waals surface area contributed by atoms with Gasteiger partial charge in [-0.15, -0.1) is 0 Å². The van der Waals surface area contributed by atoms with Gasteiger partial charge in [-0.3, -0.25) is 14.4 Å². The molecule has 1 aliphatic carbocycles. The molecule has 148 valence electrons. The predicted molar refractivity (Wildman–Crippen MR) is 110 cm³/mol. The van der Waals surface area contributed by atoms with Crippen molar-refractivity contribution in [2.45, 2.75) is 50.7 Å². The monoisotopic (exact) mass is 400 g/mol. The minimum absolute atomic E-state index is 0.125. The summed E-state index contributed by atoms with van der Waals surface area (Å²) in [6.07, 6.45) is 4.34. The summed E-state index contributed by atoms with van der Waals surface area (Å²) in [5, 5.41) is 6.35. The first-order chi connectivity index (χ1) is 13.4. The van der Waals surface area contributed by atoms with Crippen LogP contribution >= 0.6 is 11.8 Å². The molecule has 0 atom stereocenters. The number of hydrogen-bond donors (Lipinski definition) is 3. The van der Waals surface area contributed by atoms with Crippen LogP contribution in [0.1, 0.15) is 46.4 Å². The molecular formula is C20H24N4O3S. The van der Waals surface area contributed by atoms with Crippen LogP contribution in [0, 0.1) is 13.8 Å². The molecule has 0 bridgehead atoms. The lowest BCUT2D eigenvalue weighted by Crippen LogP contribution is -2.25. The average Bonchev–Trinajstić information content (AvgIpc) is 3.46. The first-order valence-corrected chi connectivity index (χ1v) is 10.4. The second-order valence-electron chi connectivity index (χ2n) is 6.96. The van der Waals surface area contributed by atoms with Crippen LogP contribution < -0.4 is 16.2 Å². The number of aromatic amines is 1. The molecule has 2 amide bonds. The van der Waals surface area contributed by atoms with Gasteiger partial charge in [-0.2, -0.15) is 0 Å². The Morgan fingerprint density at radius 3 is 2.68 bits per heavy atom. The summed E-state index contributed by atoms with van der Waals surface area (Å²) in [6.45, 7) is 3.65. The van der Waals surface area contributed by atoms with E-state index in [1.54, 1.807) is 19.1 Å². The lowest BCUT2D eigenvalue weighted by Gasteiger charge is -2.11. The van der Waals surface area contributed by atoms with Gasteiger partial charge in [0.15, 0.2) is 5.16 Å². The minimum Gasteiger partial charge on any atom is -0.349 e. The summed E-state index contributed by atoms with van der Waals surface area (Å²) in [5.41, 5.74) is 2.95. The molecule has 0 aliphatic heterocycles. The van der Waals surface area contributed by atoms with E-state index in [9.17, 15) is 14.4 Å². The predicted octanol–water partition coefficient (Wildman–Crippen LogP) is 2.57. The molecule has 1 heterocycles. The summed E-state index contributed by atoms with van der Waals surface area (Å²) in [7, 11) is 0. The Kier molecular flexibility index (Phi) is 6.18. The number of hydrogen-bond acceptors (Lipinski definition) is 5. The Morgan fingerprint density at radius 2 is 2.04 bits per heavy atom. The molecule has 0 saturated heterocycles. The van der Waals surface area contributed by atoms with Crippen molar-refractivity contribution in [3.05, 3.63) is 50.9 Å². The van der Waals surface area contributed by atoms with E-state index in [0.29, 0.717) is 34.1 Å². The van der Waals surface area contributed by atoms with Gasteiger partial charge in [0.2, 0.25) is 5.91 Å². The van der Waals surface area contributed by atoms with E-state index in [0.717, 1.165) is 18.4 Å². The van der Waals surface area contributed by atoms with Crippen LogP contribution in [0.3, 0.4) is 0 Å². The fourth-order valence-electron chi connectivity index (χ4n) is 2.82. The highest BCUT2D eigenvalue weighted by Crippen LogP contribution is 2.21. The summed E-state index contributed by atoms with van der Waals surface area (Å²) >= 11 is 1.37. The third kappa shape index (κ3) is 5.01. The summed E-state index contributed by atoms with van der Waals surface area (Å²) in [4.78, 5) is 43.8. The van der Waals surface area contributed by atoms with Crippen molar-refractivity contribution in [2.75, 3.05) is 11.6 Å². The summed E-state index contributed by atoms with van der Waals surface area (Å²) in [6, 6.07) is 5.54. The van der Waals surface area contributed by atoms with Crippen LogP contribution in [0.2, 0.25) is 0 Å². The number of rotatable bonds is 7. The molecule has 7 nitrogen and oxygen atoms in total. The lowest BCUT2D eigenvalue weighted by molar-refractivity contribution is -0.116. The van der Waals surface area contributed by atoms with Crippen LogP contribution in [-0.4, -0.2) is 34.1 Å². The maximum Gasteiger partial charge on any atom is 0.254 e. The van der Waals surface area contributed by atoms with Crippen LogP contribution in [0.25, 0.3) is 0 Å². The number of H-pyrrole nitrogens is 1. The van der Waals surface area contributed by atoms with Gasteiger partial charge in [0.25, 0.3) is 11.5 Å². The number of thioether (sulfide) groups is 1. The maximum absolute atomic E-state index is 12.4. The van der Waals surface area contributed by atoms with Crippen LogP contribution in [-0.2, 0) is 11.2 Å². The Balaban J connectivity index is 1.65. The van der Waals surface area contributed by atoms with Crippen LogP contribution in [0.15, 0.2) is 28.2 Å². The Bertz CT molecular complexity index is 966. The molecule has 0 unspecified atom stereocenters. The van der Waals surface area contributed by atoms with E-state index in [4.69, 9.17) is 0 Å². The minimum atomic E-state index is -0.212. The molecule has 8 heteroatoms. The highest BCUT2D eigenvalue weighted by atomic mass is 32.2. The zero-order valence-electron chi connectivity index (χ0n) is 16.2. The average molecular weight is 401 g/mol. The number of aromatic nitrogens is 2. The van der Waals surface area contributed by atoms with Crippen molar-refractivity contribution in [1.29, 1.82) is 0 Å². The SMILES string of the molecule is CSc1nc(C)c(CCC(=O)Nc2cc(C(=O)NC3CC3)ccc2C)c(=O)[nH]1. The standard InChI is InChI=1S/C20H24N4O3S/c1-11-4-5-13(18(26)22-14-6-7-14)10-16(11)23-17(25)9-8-15-12(2)21-20(28-3)24-19(15)27/h4-5,10,14H,6-9H2,1-3H3,(H,22,26)(H,23,25)(H,21,24,27). The van der Waals surface area contributed by atoms with Crippen molar-refractivity contribution in [3.63, 3.8) is 0 Å². The van der Waals surface area contributed by atoms with Crippen molar-refractivity contribution in [2.24, 2.45) is 0 Å². The third-order valence-electron chi connectivity index (χ3n) is 4.68. The van der Waals surface area contributed by atoms with Gasteiger partial charge in [-0.05, 0) is 57.1 Å². The smallest absolute Gasteiger partial charge is 0.254 e. The van der Waals surface area contributed by atoms with Gasteiger partial charge < -0.3 is 15.6 Å². The topological polar surface area (TPSA) is 104 Å². The number of anilines is 1. The highest BCUT2D eigenvalue weighted by molar-refractivity contribution is 7.98. The van der Waals surface area contributed by atoms with Gasteiger partial charge in [-0.25, -0.2) is 4.98 Å². The molecule has 1 aromatic heterocycles. The molecule has 1 saturated carbocycles. The van der Waals surface area contributed by atoms with Gasteiger partial charge >= 0.3 is 0 Å². The summed E-state index contributed by atoms with van der Waals surface area (Å²) < 4.78 is 0. The molecular weight excluding hydrogens is 376 g/mol. The van der Waals surface area contributed by atoms with Crippen molar-refractivity contribution in [3.8, 4) is 0 Å². The first kappa shape index (κ1) is 20.1. The largest absolute Gasteiger partial charge is 0.349 e. The van der Waals surface area contributed by atoms with E-state index in [-0.39, 0.29) is 29.8 Å². The maximum atomic E-state index is 12.4. The fourth-order valence-corrected chi connectivity index (χ4v) is 3.24. The quantitative estimate of drug-likeness (QED) is 0.489. The zero-order chi connectivity index (χ0) is 20.3.